The van der Waals surface area contributed by atoms with Crippen LogP contribution in [0.3, 0.4) is 0 Å². The molecule has 1 saturated carbocycles. The molecule has 7 nitrogen and oxygen atoms in total. The van der Waals surface area contributed by atoms with Gasteiger partial charge in [-0.05, 0) is 61.2 Å². The minimum atomic E-state index is -0.216. The Kier molecular flexibility index (Phi) is 5.85. The largest absolute Gasteiger partial charge is 0.349 e. The van der Waals surface area contributed by atoms with Gasteiger partial charge in [0.25, 0.3) is 0 Å². The first-order valence-corrected chi connectivity index (χ1v) is 12.7. The SMILES string of the molecule is CC(C)(CNC1CCCC1)Nc1nc(-c2ccncc2)c(-c2ccc3ccccc3c2)c2nncn12. The Morgan fingerprint density at radius 2 is 1.72 bits per heavy atom. The first-order valence-electron chi connectivity index (χ1n) is 12.7. The summed E-state index contributed by atoms with van der Waals surface area (Å²) in [6.07, 6.45) is 10.5. The van der Waals surface area contributed by atoms with Crippen LogP contribution in [-0.4, -0.2) is 42.7 Å². The van der Waals surface area contributed by atoms with E-state index in [1.807, 2.05) is 16.5 Å². The Labute approximate surface area is 211 Å². The van der Waals surface area contributed by atoms with Gasteiger partial charge >= 0.3 is 0 Å². The van der Waals surface area contributed by atoms with E-state index in [-0.39, 0.29) is 5.54 Å². The second-order valence-corrected chi connectivity index (χ2v) is 10.4. The van der Waals surface area contributed by atoms with E-state index in [1.165, 1.54) is 36.5 Å². The van der Waals surface area contributed by atoms with E-state index in [9.17, 15) is 0 Å². The summed E-state index contributed by atoms with van der Waals surface area (Å²) in [4.78, 5) is 9.41. The lowest BCUT2D eigenvalue weighted by Gasteiger charge is -2.29. The van der Waals surface area contributed by atoms with E-state index >= 15 is 0 Å². The summed E-state index contributed by atoms with van der Waals surface area (Å²) in [5, 5.41) is 18.7. The smallest absolute Gasteiger partial charge is 0.211 e. The van der Waals surface area contributed by atoms with Crippen LogP contribution in [-0.2, 0) is 0 Å². The minimum absolute atomic E-state index is 0.216. The third-order valence-electron chi connectivity index (χ3n) is 7.08. The Bertz CT molecular complexity index is 1500. The maximum absolute atomic E-state index is 5.18. The lowest BCUT2D eigenvalue weighted by molar-refractivity contribution is 0.439. The number of rotatable bonds is 7. The van der Waals surface area contributed by atoms with Gasteiger partial charge < -0.3 is 10.6 Å². The molecule has 0 saturated heterocycles. The predicted octanol–water partition coefficient (Wildman–Crippen LogP) is 5.73. The number of fused-ring (bicyclic) bond motifs is 2. The summed E-state index contributed by atoms with van der Waals surface area (Å²) in [5.74, 6) is 0.726. The van der Waals surface area contributed by atoms with E-state index in [1.54, 1.807) is 18.7 Å². The second kappa shape index (κ2) is 9.32. The van der Waals surface area contributed by atoms with Gasteiger partial charge in [0.15, 0.2) is 5.65 Å². The second-order valence-electron chi connectivity index (χ2n) is 10.4. The number of aromatic nitrogens is 5. The molecule has 0 aliphatic heterocycles. The van der Waals surface area contributed by atoms with Crippen LogP contribution < -0.4 is 10.6 Å². The minimum Gasteiger partial charge on any atom is -0.349 e. The zero-order valence-corrected chi connectivity index (χ0v) is 20.8. The lowest BCUT2D eigenvalue weighted by atomic mass is 9.98. The van der Waals surface area contributed by atoms with Crippen LogP contribution >= 0.6 is 0 Å². The van der Waals surface area contributed by atoms with Crippen molar-refractivity contribution in [1.29, 1.82) is 0 Å². The van der Waals surface area contributed by atoms with Gasteiger partial charge in [-0.25, -0.2) is 4.98 Å². The maximum atomic E-state index is 5.18. The van der Waals surface area contributed by atoms with Crippen molar-refractivity contribution in [3.63, 3.8) is 0 Å². The molecule has 0 unspecified atom stereocenters. The van der Waals surface area contributed by atoms with Crippen LogP contribution in [0.5, 0.6) is 0 Å². The molecule has 2 aromatic carbocycles. The van der Waals surface area contributed by atoms with Crippen LogP contribution in [0.4, 0.5) is 5.95 Å². The standard InChI is InChI=1S/C29H31N7/c1-29(2,18-31-24-9-5-6-10-24)34-28-33-26(21-13-15-30-16-14-21)25(27-35-32-19-36(27)28)23-12-11-20-7-3-4-8-22(20)17-23/h3-4,7-8,11-17,19,24,31H,5-6,9-10,18H2,1-2H3,(H,33,34). The van der Waals surface area contributed by atoms with Gasteiger partial charge in [0.05, 0.1) is 11.3 Å². The Morgan fingerprint density at radius 1 is 0.944 bits per heavy atom. The zero-order valence-electron chi connectivity index (χ0n) is 20.8. The molecule has 5 aromatic rings. The van der Waals surface area contributed by atoms with Gasteiger partial charge in [-0.1, -0.05) is 49.2 Å². The molecule has 1 aliphatic carbocycles. The first kappa shape index (κ1) is 22.6. The number of hydrogen-bond donors (Lipinski definition) is 2. The number of anilines is 1. The summed E-state index contributed by atoms with van der Waals surface area (Å²) < 4.78 is 1.96. The summed E-state index contributed by atoms with van der Waals surface area (Å²) in [5.41, 5.74) is 4.41. The van der Waals surface area contributed by atoms with Crippen molar-refractivity contribution in [3.8, 4) is 22.4 Å². The van der Waals surface area contributed by atoms with Crippen molar-refractivity contribution < 1.29 is 0 Å². The Balaban J connectivity index is 1.46. The highest BCUT2D eigenvalue weighted by molar-refractivity contribution is 5.95. The first-order chi connectivity index (χ1) is 17.6. The van der Waals surface area contributed by atoms with Gasteiger partial charge in [-0.15, -0.1) is 10.2 Å². The van der Waals surface area contributed by atoms with Crippen molar-refractivity contribution in [2.24, 2.45) is 0 Å². The van der Waals surface area contributed by atoms with E-state index < -0.39 is 0 Å². The fourth-order valence-corrected chi connectivity index (χ4v) is 5.18. The Hall–Kier alpha value is -3.84. The molecule has 0 radical (unpaired) electrons. The maximum Gasteiger partial charge on any atom is 0.211 e. The van der Waals surface area contributed by atoms with Gasteiger partial charge in [-0.2, -0.15) is 0 Å². The molecule has 0 atom stereocenters. The van der Waals surface area contributed by atoms with Crippen molar-refractivity contribution in [1.82, 2.24) is 29.9 Å². The van der Waals surface area contributed by atoms with Crippen LogP contribution in [0.2, 0.25) is 0 Å². The topological polar surface area (TPSA) is 80.0 Å². The monoisotopic (exact) mass is 477 g/mol. The molecule has 182 valence electrons. The zero-order chi connectivity index (χ0) is 24.5. The van der Waals surface area contributed by atoms with Crippen molar-refractivity contribution in [3.05, 3.63) is 73.3 Å². The third-order valence-corrected chi connectivity index (χ3v) is 7.08. The van der Waals surface area contributed by atoms with Crippen LogP contribution in [0, 0.1) is 0 Å². The fraction of sp³-hybridized carbons (Fsp3) is 0.310. The lowest BCUT2D eigenvalue weighted by Crippen LogP contribution is -2.45. The number of benzene rings is 2. The molecule has 1 aliphatic rings. The highest BCUT2D eigenvalue weighted by atomic mass is 15.3. The van der Waals surface area contributed by atoms with Crippen LogP contribution in [0.25, 0.3) is 38.8 Å². The number of nitrogens with one attached hydrogen (secondary N) is 2. The van der Waals surface area contributed by atoms with Crippen molar-refractivity contribution in [2.45, 2.75) is 51.1 Å². The van der Waals surface area contributed by atoms with Gasteiger partial charge in [-0.3, -0.25) is 9.38 Å². The van der Waals surface area contributed by atoms with E-state index in [0.29, 0.717) is 6.04 Å². The van der Waals surface area contributed by atoms with Crippen molar-refractivity contribution >= 4 is 22.4 Å². The predicted molar refractivity (Wildman–Crippen MR) is 145 cm³/mol. The molecular formula is C29H31N7. The molecule has 36 heavy (non-hydrogen) atoms. The van der Waals surface area contributed by atoms with E-state index in [4.69, 9.17) is 4.98 Å². The Morgan fingerprint density at radius 3 is 2.53 bits per heavy atom. The molecular weight excluding hydrogens is 446 g/mol. The normalized spacial score (nSPS) is 14.6. The van der Waals surface area contributed by atoms with Crippen LogP contribution in [0.1, 0.15) is 39.5 Å². The highest BCUT2D eigenvalue weighted by Crippen LogP contribution is 2.36. The summed E-state index contributed by atoms with van der Waals surface area (Å²) >= 11 is 0. The summed E-state index contributed by atoms with van der Waals surface area (Å²) in [6, 6.07) is 19.5. The molecule has 0 spiro atoms. The molecule has 2 N–H and O–H groups in total. The number of hydrogen-bond acceptors (Lipinski definition) is 6. The molecule has 1 fully saturated rings. The fourth-order valence-electron chi connectivity index (χ4n) is 5.18. The number of nitrogens with zero attached hydrogens (tertiary/aromatic N) is 5. The molecule has 7 heteroatoms. The van der Waals surface area contributed by atoms with Gasteiger partial charge in [0.1, 0.15) is 6.33 Å². The quantitative estimate of drug-likeness (QED) is 0.312. The molecule has 6 rings (SSSR count). The number of pyridine rings is 1. The van der Waals surface area contributed by atoms with E-state index in [0.717, 1.165) is 40.5 Å². The highest BCUT2D eigenvalue weighted by Gasteiger charge is 2.25. The average molecular weight is 478 g/mol. The summed E-state index contributed by atoms with van der Waals surface area (Å²) in [7, 11) is 0. The van der Waals surface area contributed by atoms with Crippen LogP contribution in [0.15, 0.2) is 73.3 Å². The van der Waals surface area contributed by atoms with Gasteiger partial charge in [0.2, 0.25) is 5.95 Å². The van der Waals surface area contributed by atoms with Crippen molar-refractivity contribution in [2.75, 3.05) is 11.9 Å². The van der Waals surface area contributed by atoms with Gasteiger partial charge in [0, 0.05) is 36.1 Å². The molecule has 3 heterocycles. The summed E-state index contributed by atoms with van der Waals surface area (Å²) in [6.45, 7) is 5.26. The van der Waals surface area contributed by atoms with E-state index in [2.05, 4.69) is 82.1 Å². The molecule has 3 aromatic heterocycles. The average Bonchev–Trinajstić information content (AvgIpc) is 3.60. The molecule has 0 amide bonds. The third kappa shape index (κ3) is 4.42. The molecule has 0 bridgehead atoms.